The molecule has 2 atom stereocenters. The number of ether oxygens (including phenoxy) is 2. The second-order valence-electron chi connectivity index (χ2n) is 9.72. The van der Waals surface area contributed by atoms with Gasteiger partial charge in [0.2, 0.25) is 0 Å². The quantitative estimate of drug-likeness (QED) is 0.446. The van der Waals surface area contributed by atoms with Crippen molar-refractivity contribution in [2.75, 3.05) is 24.3 Å². The number of pyridine rings is 1. The highest BCUT2D eigenvalue weighted by Gasteiger charge is 2.29. The summed E-state index contributed by atoms with van der Waals surface area (Å²) in [5.74, 6) is -0.972. The molecular formula is C26H35FN4O4. The molecule has 1 fully saturated rings. The topological polar surface area (TPSA) is 102 Å². The van der Waals surface area contributed by atoms with Gasteiger partial charge in [-0.15, -0.1) is 0 Å². The Balaban J connectivity index is 1.72. The highest BCUT2D eigenvalue weighted by atomic mass is 19.1. The molecule has 190 valence electrons. The first-order valence-electron chi connectivity index (χ1n) is 12.0. The lowest BCUT2D eigenvalue weighted by Gasteiger charge is -2.33. The lowest BCUT2D eigenvalue weighted by Crippen LogP contribution is -2.46. The number of hydrogen-bond donors (Lipinski definition) is 3. The number of methoxy groups -OCH3 is 1. The van der Waals surface area contributed by atoms with Crippen molar-refractivity contribution in [1.29, 1.82) is 0 Å². The van der Waals surface area contributed by atoms with Crippen LogP contribution in [-0.4, -0.2) is 42.3 Å². The standard InChI is InChI=1S/C26H35FN4O4/c1-26(2,3)35-25(33)30-21-13-9-8-12-18(21)16-29-23-20(27)14-19(24(32)34-4)22(31-23)28-15-17-10-6-5-7-11-17/h5-7,10-11,14,18,21H,8-9,12-13,15-16H2,1-4H3,(H,30,33)(H2,28,29,31)/t18-,21-/m0/s1. The summed E-state index contributed by atoms with van der Waals surface area (Å²) in [5.41, 5.74) is 0.431. The molecule has 9 heteroatoms. The van der Waals surface area contributed by atoms with Crippen LogP contribution in [0.2, 0.25) is 0 Å². The third-order valence-electron chi connectivity index (χ3n) is 5.83. The average molecular weight is 487 g/mol. The van der Waals surface area contributed by atoms with E-state index in [4.69, 9.17) is 9.47 Å². The monoisotopic (exact) mass is 486 g/mol. The minimum Gasteiger partial charge on any atom is -0.465 e. The first kappa shape index (κ1) is 26.2. The van der Waals surface area contributed by atoms with Crippen molar-refractivity contribution in [3.8, 4) is 0 Å². The highest BCUT2D eigenvalue weighted by Crippen LogP contribution is 2.27. The van der Waals surface area contributed by atoms with Crippen LogP contribution in [0.3, 0.4) is 0 Å². The molecular weight excluding hydrogens is 451 g/mol. The number of aromatic nitrogens is 1. The van der Waals surface area contributed by atoms with E-state index in [0.717, 1.165) is 37.3 Å². The maximum atomic E-state index is 14.9. The van der Waals surface area contributed by atoms with Gasteiger partial charge in [0.05, 0.1) is 7.11 Å². The molecule has 3 rings (SSSR count). The molecule has 1 amide bonds. The summed E-state index contributed by atoms with van der Waals surface area (Å²) in [6.45, 7) is 6.29. The second kappa shape index (κ2) is 11.9. The Morgan fingerprint density at radius 3 is 2.49 bits per heavy atom. The van der Waals surface area contributed by atoms with Gasteiger partial charge >= 0.3 is 12.1 Å². The number of esters is 1. The van der Waals surface area contributed by atoms with Gasteiger partial charge in [-0.25, -0.2) is 19.0 Å². The van der Waals surface area contributed by atoms with Crippen LogP contribution in [0, 0.1) is 11.7 Å². The van der Waals surface area contributed by atoms with Crippen LogP contribution in [0.1, 0.15) is 62.4 Å². The number of carbonyl (C=O) groups is 2. The van der Waals surface area contributed by atoms with Gasteiger partial charge in [-0.05, 0) is 51.2 Å². The number of nitrogens with one attached hydrogen (secondary N) is 3. The average Bonchev–Trinajstić information content (AvgIpc) is 2.82. The van der Waals surface area contributed by atoms with Crippen molar-refractivity contribution in [3.05, 3.63) is 53.3 Å². The van der Waals surface area contributed by atoms with E-state index < -0.39 is 23.5 Å². The first-order chi connectivity index (χ1) is 16.7. The molecule has 1 aliphatic rings. The van der Waals surface area contributed by atoms with Crippen molar-refractivity contribution < 1.29 is 23.5 Å². The predicted octanol–water partition coefficient (Wildman–Crippen LogP) is 5.11. The van der Waals surface area contributed by atoms with Gasteiger partial charge < -0.3 is 25.4 Å². The van der Waals surface area contributed by atoms with Crippen molar-refractivity contribution in [1.82, 2.24) is 10.3 Å². The smallest absolute Gasteiger partial charge is 0.407 e. The second-order valence-corrected chi connectivity index (χ2v) is 9.72. The minimum atomic E-state index is -0.674. The summed E-state index contributed by atoms with van der Waals surface area (Å²) < 4.78 is 25.1. The number of benzene rings is 1. The van der Waals surface area contributed by atoms with Crippen molar-refractivity contribution in [2.45, 2.75) is 64.6 Å². The van der Waals surface area contributed by atoms with Crippen molar-refractivity contribution in [3.63, 3.8) is 0 Å². The number of anilines is 2. The Morgan fingerprint density at radius 1 is 1.09 bits per heavy atom. The molecule has 0 unspecified atom stereocenters. The van der Waals surface area contributed by atoms with E-state index in [1.807, 2.05) is 51.1 Å². The number of rotatable bonds is 8. The number of nitrogens with zero attached hydrogens (tertiary/aromatic N) is 1. The number of hydrogen-bond acceptors (Lipinski definition) is 7. The number of carbonyl (C=O) groups excluding carboxylic acids is 2. The van der Waals surface area contributed by atoms with E-state index in [2.05, 4.69) is 20.9 Å². The van der Waals surface area contributed by atoms with E-state index in [-0.39, 0.29) is 29.2 Å². The Labute approximate surface area is 206 Å². The zero-order valence-electron chi connectivity index (χ0n) is 20.8. The van der Waals surface area contributed by atoms with Crippen LogP contribution in [0.15, 0.2) is 36.4 Å². The van der Waals surface area contributed by atoms with Crippen LogP contribution < -0.4 is 16.0 Å². The maximum absolute atomic E-state index is 14.9. The normalized spacial score (nSPS) is 17.9. The van der Waals surface area contributed by atoms with Gasteiger partial charge in [0.1, 0.15) is 17.0 Å². The molecule has 1 aromatic heterocycles. The molecule has 8 nitrogen and oxygen atoms in total. The fourth-order valence-electron chi connectivity index (χ4n) is 4.12. The fraction of sp³-hybridized carbons (Fsp3) is 0.500. The van der Waals surface area contributed by atoms with Gasteiger partial charge in [-0.2, -0.15) is 0 Å². The summed E-state index contributed by atoms with van der Waals surface area (Å²) in [4.78, 5) is 28.9. The molecule has 35 heavy (non-hydrogen) atoms. The van der Waals surface area contributed by atoms with Crippen molar-refractivity contribution in [2.24, 2.45) is 5.92 Å². The summed E-state index contributed by atoms with van der Waals surface area (Å²) in [6.07, 6.45) is 3.29. The number of halogens is 1. The number of amides is 1. The molecule has 0 saturated heterocycles. The van der Waals surface area contributed by atoms with Crippen LogP contribution >= 0.6 is 0 Å². The Kier molecular flexibility index (Phi) is 8.89. The van der Waals surface area contributed by atoms with Crippen LogP contribution in [0.4, 0.5) is 20.8 Å². The molecule has 0 spiro atoms. The van der Waals surface area contributed by atoms with Gasteiger partial charge in [0, 0.05) is 19.1 Å². The van der Waals surface area contributed by atoms with E-state index in [1.54, 1.807) is 0 Å². The van der Waals surface area contributed by atoms with E-state index in [1.165, 1.54) is 7.11 Å². The molecule has 1 aliphatic carbocycles. The first-order valence-corrected chi connectivity index (χ1v) is 12.0. The number of alkyl carbamates (subject to hydrolysis) is 1. The van der Waals surface area contributed by atoms with Crippen LogP contribution in [-0.2, 0) is 16.0 Å². The SMILES string of the molecule is COC(=O)c1cc(F)c(NC[C@@H]2CCCC[C@@H]2NC(=O)OC(C)(C)C)nc1NCc1ccccc1. The summed E-state index contributed by atoms with van der Waals surface area (Å²) in [6, 6.07) is 10.7. The summed E-state index contributed by atoms with van der Waals surface area (Å²) in [7, 11) is 1.24. The zero-order valence-corrected chi connectivity index (χ0v) is 20.8. The van der Waals surface area contributed by atoms with E-state index in [0.29, 0.717) is 13.1 Å². The molecule has 1 aromatic carbocycles. The zero-order chi connectivity index (χ0) is 25.4. The largest absolute Gasteiger partial charge is 0.465 e. The Morgan fingerprint density at radius 2 is 1.80 bits per heavy atom. The maximum Gasteiger partial charge on any atom is 0.407 e. The Bertz CT molecular complexity index is 1010. The summed E-state index contributed by atoms with van der Waals surface area (Å²) in [5, 5.41) is 9.17. The van der Waals surface area contributed by atoms with Gasteiger partial charge in [0.25, 0.3) is 0 Å². The summed E-state index contributed by atoms with van der Waals surface area (Å²) >= 11 is 0. The third-order valence-corrected chi connectivity index (χ3v) is 5.83. The lowest BCUT2D eigenvalue weighted by molar-refractivity contribution is 0.0471. The minimum absolute atomic E-state index is 0.0219. The predicted molar refractivity (Wildman–Crippen MR) is 133 cm³/mol. The van der Waals surface area contributed by atoms with Crippen LogP contribution in [0.5, 0.6) is 0 Å². The van der Waals surface area contributed by atoms with E-state index >= 15 is 0 Å². The molecule has 0 radical (unpaired) electrons. The van der Waals surface area contributed by atoms with Gasteiger partial charge in [-0.3, -0.25) is 0 Å². The van der Waals surface area contributed by atoms with Gasteiger partial charge in [0.15, 0.2) is 11.6 Å². The fourth-order valence-corrected chi connectivity index (χ4v) is 4.12. The molecule has 0 aliphatic heterocycles. The molecule has 2 aromatic rings. The molecule has 1 saturated carbocycles. The van der Waals surface area contributed by atoms with Crippen molar-refractivity contribution >= 4 is 23.7 Å². The molecule has 3 N–H and O–H groups in total. The Hall–Kier alpha value is -3.36. The highest BCUT2D eigenvalue weighted by molar-refractivity contribution is 5.95. The van der Waals surface area contributed by atoms with E-state index in [9.17, 15) is 14.0 Å². The van der Waals surface area contributed by atoms with Crippen LogP contribution in [0.25, 0.3) is 0 Å². The third kappa shape index (κ3) is 7.83. The lowest BCUT2D eigenvalue weighted by atomic mass is 9.84. The molecule has 1 heterocycles. The van der Waals surface area contributed by atoms with Gasteiger partial charge in [-0.1, -0.05) is 43.2 Å². The molecule has 0 bridgehead atoms.